The minimum absolute atomic E-state index is 0.0000412. The molecule has 0 bridgehead atoms. The number of aromatic hydroxyl groups is 1. The van der Waals surface area contributed by atoms with E-state index in [9.17, 15) is 9.50 Å². The lowest BCUT2D eigenvalue weighted by Gasteiger charge is -2.24. The van der Waals surface area contributed by atoms with Gasteiger partial charge in [-0.25, -0.2) is 4.39 Å². The average molecular weight is 252 g/mol. The lowest BCUT2D eigenvalue weighted by Crippen LogP contribution is -2.37. The number of nitrogens with one attached hydrogen (secondary N) is 1. The molecule has 3 nitrogen and oxygen atoms in total. The maximum Gasteiger partial charge on any atom is 0.127 e. The third-order valence-electron chi connectivity index (χ3n) is 3.44. The van der Waals surface area contributed by atoms with Crippen LogP contribution in [0.1, 0.15) is 25.3 Å². The fourth-order valence-corrected chi connectivity index (χ4v) is 2.51. The van der Waals surface area contributed by atoms with Crippen molar-refractivity contribution >= 4 is 0 Å². The van der Waals surface area contributed by atoms with Crippen LogP contribution in [0.2, 0.25) is 0 Å². The Morgan fingerprint density at radius 2 is 2.28 bits per heavy atom. The van der Waals surface area contributed by atoms with E-state index in [1.807, 2.05) is 0 Å². The van der Waals surface area contributed by atoms with Crippen molar-refractivity contribution in [2.45, 2.75) is 32.4 Å². The molecule has 4 heteroatoms. The molecule has 100 valence electrons. The Hall–Kier alpha value is -1.13. The van der Waals surface area contributed by atoms with Gasteiger partial charge in [0.15, 0.2) is 0 Å². The monoisotopic (exact) mass is 252 g/mol. The van der Waals surface area contributed by atoms with Crippen molar-refractivity contribution in [3.63, 3.8) is 0 Å². The van der Waals surface area contributed by atoms with Crippen LogP contribution in [0.4, 0.5) is 4.39 Å². The predicted octanol–water partition coefficient (Wildman–Crippen LogP) is 2.11. The van der Waals surface area contributed by atoms with E-state index in [1.165, 1.54) is 18.9 Å². The first-order valence-electron chi connectivity index (χ1n) is 6.61. The summed E-state index contributed by atoms with van der Waals surface area (Å²) in [6.07, 6.45) is 2.45. The lowest BCUT2D eigenvalue weighted by molar-refractivity contribution is 0.253. The zero-order valence-electron chi connectivity index (χ0n) is 10.8. The minimum Gasteiger partial charge on any atom is -0.508 e. The maximum atomic E-state index is 13.2. The predicted molar refractivity (Wildman–Crippen MR) is 70.0 cm³/mol. The summed E-state index contributed by atoms with van der Waals surface area (Å²) in [6, 6.07) is 4.81. The molecule has 18 heavy (non-hydrogen) atoms. The molecule has 1 aliphatic heterocycles. The first-order chi connectivity index (χ1) is 8.67. The number of phenols is 1. The molecule has 0 radical (unpaired) electrons. The van der Waals surface area contributed by atoms with E-state index in [2.05, 4.69) is 17.1 Å². The summed E-state index contributed by atoms with van der Waals surface area (Å²) in [5.41, 5.74) is 0.826. The van der Waals surface area contributed by atoms with Gasteiger partial charge in [-0.3, -0.25) is 4.90 Å². The average Bonchev–Trinajstić information content (AvgIpc) is 2.79. The summed E-state index contributed by atoms with van der Waals surface area (Å²) in [6.45, 7) is 5.79. The Labute approximate surface area is 108 Å². The van der Waals surface area contributed by atoms with E-state index in [0.717, 1.165) is 31.3 Å². The molecule has 1 saturated heterocycles. The van der Waals surface area contributed by atoms with Crippen LogP contribution in [0.15, 0.2) is 18.2 Å². The van der Waals surface area contributed by atoms with Gasteiger partial charge in [-0.05, 0) is 43.6 Å². The number of phenolic OH excluding ortho intramolecular Hbond substituents is 1. The normalized spacial score (nSPS) is 19.6. The summed E-state index contributed by atoms with van der Waals surface area (Å²) >= 11 is 0. The summed E-state index contributed by atoms with van der Waals surface area (Å²) in [7, 11) is 0. The topological polar surface area (TPSA) is 35.5 Å². The van der Waals surface area contributed by atoms with Gasteiger partial charge < -0.3 is 10.4 Å². The molecular formula is C14H21FN2O. The Morgan fingerprint density at radius 3 is 2.89 bits per heavy atom. The van der Waals surface area contributed by atoms with E-state index in [0.29, 0.717) is 12.6 Å². The zero-order chi connectivity index (χ0) is 13.0. The second kappa shape index (κ2) is 6.16. The number of rotatable bonds is 5. The highest BCUT2D eigenvalue weighted by molar-refractivity contribution is 5.28. The van der Waals surface area contributed by atoms with Crippen LogP contribution in [0.3, 0.4) is 0 Å². The van der Waals surface area contributed by atoms with Crippen LogP contribution in [-0.2, 0) is 6.54 Å². The van der Waals surface area contributed by atoms with Crippen molar-refractivity contribution in [2.24, 2.45) is 0 Å². The molecule has 0 aromatic heterocycles. The third kappa shape index (κ3) is 3.68. The molecule has 0 spiro atoms. The van der Waals surface area contributed by atoms with Crippen molar-refractivity contribution in [1.29, 1.82) is 0 Å². The Morgan fingerprint density at radius 1 is 1.44 bits per heavy atom. The molecule has 1 aromatic rings. The fourth-order valence-electron chi connectivity index (χ4n) is 2.51. The molecule has 1 aliphatic rings. The number of benzene rings is 1. The first kappa shape index (κ1) is 13.3. The van der Waals surface area contributed by atoms with Crippen molar-refractivity contribution in [3.8, 4) is 5.75 Å². The molecule has 2 N–H and O–H groups in total. The van der Waals surface area contributed by atoms with Gasteiger partial charge in [0.2, 0.25) is 0 Å². The SMILES string of the molecule is CCN(Cc1cc(O)cc(F)c1)CC1CCCN1. The van der Waals surface area contributed by atoms with Crippen LogP contribution >= 0.6 is 0 Å². The van der Waals surface area contributed by atoms with Crippen LogP contribution in [0.25, 0.3) is 0 Å². The number of hydrogen-bond acceptors (Lipinski definition) is 3. The summed E-state index contributed by atoms with van der Waals surface area (Å²) < 4.78 is 13.2. The molecule has 2 rings (SSSR count). The van der Waals surface area contributed by atoms with Crippen molar-refractivity contribution in [1.82, 2.24) is 10.2 Å². The van der Waals surface area contributed by atoms with E-state index < -0.39 is 0 Å². The number of nitrogens with zero attached hydrogens (tertiary/aromatic N) is 1. The van der Waals surface area contributed by atoms with Gasteiger partial charge in [-0.2, -0.15) is 0 Å². The van der Waals surface area contributed by atoms with Gasteiger partial charge >= 0.3 is 0 Å². The standard InChI is InChI=1S/C14H21FN2O/c1-2-17(10-13-4-3-5-16-13)9-11-6-12(15)8-14(18)7-11/h6-8,13,16,18H,2-5,9-10H2,1H3. The van der Waals surface area contributed by atoms with Gasteiger partial charge in [0.05, 0.1) is 0 Å². The first-order valence-corrected chi connectivity index (χ1v) is 6.61. The lowest BCUT2D eigenvalue weighted by atomic mass is 10.1. The van der Waals surface area contributed by atoms with E-state index >= 15 is 0 Å². The molecule has 1 atom stereocenters. The summed E-state index contributed by atoms with van der Waals surface area (Å²) in [5, 5.41) is 12.9. The van der Waals surface area contributed by atoms with Crippen LogP contribution in [-0.4, -0.2) is 35.7 Å². The van der Waals surface area contributed by atoms with Gasteiger partial charge in [0.25, 0.3) is 0 Å². The minimum atomic E-state index is -0.375. The highest BCUT2D eigenvalue weighted by atomic mass is 19.1. The smallest absolute Gasteiger partial charge is 0.127 e. The Kier molecular flexibility index (Phi) is 4.55. The van der Waals surface area contributed by atoms with Gasteiger partial charge in [-0.15, -0.1) is 0 Å². The highest BCUT2D eigenvalue weighted by Gasteiger charge is 2.17. The van der Waals surface area contributed by atoms with E-state index in [-0.39, 0.29) is 11.6 Å². The van der Waals surface area contributed by atoms with Crippen LogP contribution in [0.5, 0.6) is 5.75 Å². The molecule has 1 aromatic carbocycles. The highest BCUT2D eigenvalue weighted by Crippen LogP contribution is 2.17. The number of likely N-dealkylation sites (N-methyl/N-ethyl adjacent to an activating group) is 1. The fraction of sp³-hybridized carbons (Fsp3) is 0.571. The zero-order valence-corrected chi connectivity index (χ0v) is 10.8. The second-order valence-corrected chi connectivity index (χ2v) is 4.94. The van der Waals surface area contributed by atoms with Crippen LogP contribution < -0.4 is 5.32 Å². The maximum absolute atomic E-state index is 13.2. The summed E-state index contributed by atoms with van der Waals surface area (Å²) in [5.74, 6) is -0.375. The quantitative estimate of drug-likeness (QED) is 0.842. The Bertz CT molecular complexity index is 371. The van der Waals surface area contributed by atoms with E-state index in [4.69, 9.17) is 0 Å². The summed E-state index contributed by atoms with van der Waals surface area (Å²) in [4.78, 5) is 2.28. The van der Waals surface area contributed by atoms with Crippen molar-refractivity contribution < 1.29 is 9.50 Å². The molecule has 0 amide bonds. The van der Waals surface area contributed by atoms with Gasteiger partial charge in [0.1, 0.15) is 11.6 Å². The number of halogens is 1. The van der Waals surface area contributed by atoms with Gasteiger partial charge in [-0.1, -0.05) is 6.92 Å². The third-order valence-corrected chi connectivity index (χ3v) is 3.44. The molecule has 1 fully saturated rings. The largest absolute Gasteiger partial charge is 0.508 e. The molecule has 0 saturated carbocycles. The number of hydrogen-bond donors (Lipinski definition) is 2. The van der Waals surface area contributed by atoms with Crippen LogP contribution in [0, 0.1) is 5.82 Å². The second-order valence-electron chi connectivity index (χ2n) is 4.94. The van der Waals surface area contributed by atoms with Gasteiger partial charge in [0, 0.05) is 25.2 Å². The molecule has 1 unspecified atom stereocenters. The van der Waals surface area contributed by atoms with Crippen molar-refractivity contribution in [2.75, 3.05) is 19.6 Å². The Balaban J connectivity index is 1.95. The molecule has 1 heterocycles. The molecular weight excluding hydrogens is 231 g/mol. The van der Waals surface area contributed by atoms with E-state index in [1.54, 1.807) is 6.07 Å². The molecule has 0 aliphatic carbocycles. The van der Waals surface area contributed by atoms with Crippen molar-refractivity contribution in [3.05, 3.63) is 29.6 Å².